The molecule has 72 valence electrons. The molecule has 0 atom stereocenters. The second-order valence-electron chi connectivity index (χ2n) is 3.37. The van der Waals surface area contributed by atoms with Gasteiger partial charge in [-0.3, -0.25) is 9.59 Å². The van der Waals surface area contributed by atoms with Crippen LogP contribution in [0.5, 0.6) is 0 Å². The quantitative estimate of drug-likeness (QED) is 0.555. The molecular weight excluding hydrogens is 192 g/mol. The minimum atomic E-state index is -0.217. The molecule has 3 rings (SSSR count). The van der Waals surface area contributed by atoms with Gasteiger partial charge in [0.1, 0.15) is 0 Å². The zero-order chi connectivity index (χ0) is 10.4. The summed E-state index contributed by atoms with van der Waals surface area (Å²) >= 11 is 0. The maximum absolute atomic E-state index is 11.9. The summed E-state index contributed by atoms with van der Waals surface area (Å²) in [6, 6.07) is 8.31. The summed E-state index contributed by atoms with van der Waals surface area (Å²) in [5, 5.41) is 0. The first-order valence-electron chi connectivity index (χ1n) is 4.55. The third kappa shape index (κ3) is 0.944. The lowest BCUT2D eigenvalue weighted by atomic mass is 9.89. The van der Waals surface area contributed by atoms with E-state index in [4.69, 9.17) is 4.42 Å². The van der Waals surface area contributed by atoms with E-state index in [2.05, 4.69) is 0 Å². The number of rotatable bonds is 0. The predicted molar refractivity (Wildman–Crippen MR) is 52.0 cm³/mol. The Morgan fingerprint density at radius 2 is 1.47 bits per heavy atom. The highest BCUT2D eigenvalue weighted by molar-refractivity contribution is 6.27. The highest BCUT2D eigenvalue weighted by Gasteiger charge is 2.31. The van der Waals surface area contributed by atoms with Gasteiger partial charge in [-0.05, 0) is 6.07 Å². The van der Waals surface area contributed by atoms with Crippen molar-refractivity contribution in [1.82, 2.24) is 0 Å². The molecule has 15 heavy (non-hydrogen) atoms. The van der Waals surface area contributed by atoms with Crippen LogP contribution in [0.25, 0.3) is 0 Å². The molecule has 0 unspecified atom stereocenters. The summed E-state index contributed by atoms with van der Waals surface area (Å²) < 4.78 is 5.03. The van der Waals surface area contributed by atoms with E-state index in [0.29, 0.717) is 16.7 Å². The molecule has 0 radical (unpaired) electrons. The van der Waals surface area contributed by atoms with Crippen molar-refractivity contribution in [2.75, 3.05) is 0 Å². The van der Waals surface area contributed by atoms with Crippen LogP contribution in [0.2, 0.25) is 0 Å². The van der Waals surface area contributed by atoms with E-state index in [1.165, 1.54) is 12.3 Å². The van der Waals surface area contributed by atoms with Gasteiger partial charge in [-0.1, -0.05) is 24.3 Å². The Balaban J connectivity index is 2.36. The smallest absolute Gasteiger partial charge is 0.229 e. The van der Waals surface area contributed by atoms with E-state index in [1.54, 1.807) is 24.3 Å². The van der Waals surface area contributed by atoms with Gasteiger partial charge in [0.15, 0.2) is 11.5 Å². The van der Waals surface area contributed by atoms with E-state index < -0.39 is 0 Å². The Morgan fingerprint density at radius 1 is 0.800 bits per heavy atom. The van der Waals surface area contributed by atoms with E-state index in [-0.39, 0.29) is 17.3 Å². The molecule has 0 bridgehead atoms. The Morgan fingerprint density at radius 3 is 2.20 bits per heavy atom. The first-order chi connectivity index (χ1) is 7.29. The summed E-state index contributed by atoms with van der Waals surface area (Å²) in [6.07, 6.45) is 1.37. The van der Waals surface area contributed by atoms with Crippen molar-refractivity contribution < 1.29 is 14.0 Å². The van der Waals surface area contributed by atoms with Crippen molar-refractivity contribution in [1.29, 1.82) is 0 Å². The van der Waals surface area contributed by atoms with E-state index in [9.17, 15) is 9.59 Å². The van der Waals surface area contributed by atoms with Gasteiger partial charge in [-0.25, -0.2) is 0 Å². The number of carbonyl (C=O) groups is 2. The molecule has 3 nitrogen and oxygen atoms in total. The van der Waals surface area contributed by atoms with Crippen molar-refractivity contribution in [3.63, 3.8) is 0 Å². The third-order valence-electron chi connectivity index (χ3n) is 2.53. The van der Waals surface area contributed by atoms with Crippen LogP contribution >= 0.6 is 0 Å². The summed E-state index contributed by atoms with van der Waals surface area (Å²) in [4.78, 5) is 23.8. The molecule has 0 saturated carbocycles. The number of ketones is 2. The first kappa shape index (κ1) is 8.17. The standard InChI is InChI=1S/C12H6O3/c13-10-7-3-1-2-4-8(7)11(14)12-9(10)5-6-15-12/h1-6H. The third-order valence-corrected chi connectivity index (χ3v) is 2.53. The normalized spacial score (nSPS) is 13.6. The second-order valence-corrected chi connectivity index (χ2v) is 3.37. The van der Waals surface area contributed by atoms with Crippen molar-refractivity contribution in [3.8, 4) is 0 Å². The Bertz CT molecular complexity index is 529. The maximum atomic E-state index is 11.9. The van der Waals surface area contributed by atoms with Gasteiger partial charge < -0.3 is 4.42 Å². The Kier molecular flexibility index (Phi) is 1.45. The Hall–Kier alpha value is -2.16. The average molecular weight is 198 g/mol. The molecular formula is C12H6O3. The number of fused-ring (bicyclic) bond motifs is 2. The highest BCUT2D eigenvalue weighted by atomic mass is 16.3. The van der Waals surface area contributed by atoms with Crippen LogP contribution in [-0.4, -0.2) is 11.6 Å². The van der Waals surface area contributed by atoms with Gasteiger partial charge in [0.05, 0.1) is 11.8 Å². The molecule has 0 fully saturated rings. The topological polar surface area (TPSA) is 47.3 Å². The first-order valence-corrected chi connectivity index (χ1v) is 4.55. The predicted octanol–water partition coefficient (Wildman–Crippen LogP) is 2.05. The van der Waals surface area contributed by atoms with Gasteiger partial charge in [0.2, 0.25) is 5.78 Å². The average Bonchev–Trinajstić information content (AvgIpc) is 2.75. The van der Waals surface area contributed by atoms with E-state index >= 15 is 0 Å². The van der Waals surface area contributed by atoms with Gasteiger partial charge in [-0.2, -0.15) is 0 Å². The van der Waals surface area contributed by atoms with Crippen LogP contribution in [0.4, 0.5) is 0 Å². The molecule has 0 saturated heterocycles. The summed E-state index contributed by atoms with van der Waals surface area (Å²) in [5.41, 5.74) is 1.24. The van der Waals surface area contributed by atoms with Crippen LogP contribution in [-0.2, 0) is 0 Å². The van der Waals surface area contributed by atoms with Crippen molar-refractivity contribution in [2.45, 2.75) is 0 Å². The van der Waals surface area contributed by atoms with Crippen molar-refractivity contribution >= 4 is 11.6 Å². The molecule has 1 aliphatic rings. The van der Waals surface area contributed by atoms with Crippen molar-refractivity contribution in [2.24, 2.45) is 0 Å². The fraction of sp³-hybridized carbons (Fsp3) is 0. The zero-order valence-electron chi connectivity index (χ0n) is 7.69. The maximum Gasteiger partial charge on any atom is 0.229 e. The molecule has 3 heteroatoms. The summed E-state index contributed by atoms with van der Waals surface area (Å²) in [6.45, 7) is 0. The fourth-order valence-electron chi connectivity index (χ4n) is 1.81. The number of furan rings is 1. The molecule has 0 spiro atoms. The number of benzene rings is 1. The second kappa shape index (κ2) is 2.67. The van der Waals surface area contributed by atoms with Crippen LogP contribution in [0.1, 0.15) is 32.0 Å². The summed E-state index contributed by atoms with van der Waals surface area (Å²) in [5.74, 6) is -0.210. The Labute approximate surface area is 85.3 Å². The zero-order valence-corrected chi connectivity index (χ0v) is 7.69. The van der Waals surface area contributed by atoms with Gasteiger partial charge in [0.25, 0.3) is 0 Å². The van der Waals surface area contributed by atoms with Gasteiger partial charge in [-0.15, -0.1) is 0 Å². The van der Waals surface area contributed by atoms with Crippen LogP contribution in [0.15, 0.2) is 41.0 Å². The lowest BCUT2D eigenvalue weighted by Gasteiger charge is -2.11. The largest absolute Gasteiger partial charge is 0.460 e. The number of carbonyl (C=O) groups excluding carboxylic acids is 2. The minimum Gasteiger partial charge on any atom is -0.460 e. The van der Waals surface area contributed by atoms with E-state index in [1.807, 2.05) is 0 Å². The van der Waals surface area contributed by atoms with Crippen molar-refractivity contribution in [3.05, 3.63) is 59.0 Å². The summed E-state index contributed by atoms with van der Waals surface area (Å²) in [7, 11) is 0. The molecule has 0 N–H and O–H groups in total. The molecule has 2 aromatic rings. The van der Waals surface area contributed by atoms with Crippen LogP contribution < -0.4 is 0 Å². The number of hydrogen-bond donors (Lipinski definition) is 0. The van der Waals surface area contributed by atoms with E-state index in [0.717, 1.165) is 0 Å². The lowest BCUT2D eigenvalue weighted by Crippen LogP contribution is -2.18. The van der Waals surface area contributed by atoms with Gasteiger partial charge >= 0.3 is 0 Å². The highest BCUT2D eigenvalue weighted by Crippen LogP contribution is 2.27. The molecule has 1 aromatic carbocycles. The molecule has 0 amide bonds. The number of hydrogen-bond acceptors (Lipinski definition) is 3. The van der Waals surface area contributed by atoms with Gasteiger partial charge in [0, 0.05) is 11.1 Å². The molecule has 1 heterocycles. The molecule has 0 aliphatic heterocycles. The minimum absolute atomic E-state index is 0.144. The van der Waals surface area contributed by atoms with Crippen LogP contribution in [0.3, 0.4) is 0 Å². The lowest BCUT2D eigenvalue weighted by molar-refractivity contribution is 0.0960. The molecule has 1 aliphatic carbocycles. The SMILES string of the molecule is O=C1c2ccccc2C(=O)c2occc21. The fourth-order valence-corrected chi connectivity index (χ4v) is 1.81. The monoisotopic (exact) mass is 198 g/mol. The molecule has 1 aromatic heterocycles. The van der Waals surface area contributed by atoms with Crippen LogP contribution in [0, 0.1) is 0 Å².